The third-order valence-corrected chi connectivity index (χ3v) is 3.83. The van der Waals surface area contributed by atoms with E-state index in [1.165, 1.54) is 10.4 Å². The molecule has 0 aliphatic heterocycles. The second-order valence-corrected chi connectivity index (χ2v) is 5.29. The molecular weight excluding hydrogens is 242 g/mol. The van der Waals surface area contributed by atoms with Gasteiger partial charge in [-0.1, -0.05) is 30.3 Å². The Kier molecular flexibility index (Phi) is 4.87. The van der Waals surface area contributed by atoms with Crippen molar-refractivity contribution in [3.05, 3.63) is 52.0 Å². The number of rotatable bonds is 6. The molecule has 0 aliphatic carbocycles. The Hall–Kier alpha value is -1.23. The quantitative estimate of drug-likeness (QED) is 0.868. The van der Waals surface area contributed by atoms with E-state index in [4.69, 9.17) is 5.73 Å². The predicted molar refractivity (Wildman–Crippen MR) is 76.5 cm³/mol. The molecule has 1 heterocycles. The first-order valence-corrected chi connectivity index (χ1v) is 7.03. The Balaban J connectivity index is 2.02. The van der Waals surface area contributed by atoms with Gasteiger partial charge in [-0.05, 0) is 12.5 Å². The fraction of sp³-hybridized carbons (Fsp3) is 0.357. The van der Waals surface area contributed by atoms with Crippen LogP contribution in [0.1, 0.15) is 16.1 Å². The maximum atomic E-state index is 5.70. The minimum absolute atomic E-state index is 0.685. The van der Waals surface area contributed by atoms with Crippen LogP contribution in [0.5, 0.6) is 0 Å². The molecule has 2 rings (SSSR count). The number of hydrogen-bond donors (Lipinski definition) is 1. The summed E-state index contributed by atoms with van der Waals surface area (Å²) in [6.45, 7) is 5.53. The van der Waals surface area contributed by atoms with Gasteiger partial charge in [-0.25, -0.2) is 4.98 Å². The summed E-state index contributed by atoms with van der Waals surface area (Å²) in [5.41, 5.74) is 10.1. The second kappa shape index (κ2) is 6.64. The molecule has 0 unspecified atom stereocenters. The first-order valence-electron chi connectivity index (χ1n) is 6.15. The smallest absolute Gasteiger partial charge is 0.0798 e. The SMILES string of the molecule is Cc1ncsc1CN(CCN)Cc1ccccc1. The third-order valence-electron chi connectivity index (χ3n) is 2.91. The minimum atomic E-state index is 0.685. The molecule has 3 nitrogen and oxygen atoms in total. The lowest BCUT2D eigenvalue weighted by Crippen LogP contribution is -2.28. The van der Waals surface area contributed by atoms with Crippen LogP contribution in [0, 0.1) is 6.92 Å². The van der Waals surface area contributed by atoms with Gasteiger partial charge in [0.1, 0.15) is 0 Å². The van der Waals surface area contributed by atoms with Crippen LogP contribution in [0.2, 0.25) is 0 Å². The summed E-state index contributed by atoms with van der Waals surface area (Å²) >= 11 is 1.72. The molecule has 1 aromatic carbocycles. The highest BCUT2D eigenvalue weighted by molar-refractivity contribution is 7.09. The molecule has 0 atom stereocenters. The first kappa shape index (κ1) is 13.2. The number of nitrogens with zero attached hydrogens (tertiary/aromatic N) is 2. The number of benzene rings is 1. The van der Waals surface area contributed by atoms with Gasteiger partial charge in [-0.2, -0.15) is 0 Å². The van der Waals surface area contributed by atoms with Gasteiger partial charge in [0, 0.05) is 31.1 Å². The van der Waals surface area contributed by atoms with Crippen molar-refractivity contribution in [1.82, 2.24) is 9.88 Å². The average Bonchev–Trinajstić information content (AvgIpc) is 2.77. The highest BCUT2D eigenvalue weighted by atomic mass is 32.1. The van der Waals surface area contributed by atoms with E-state index < -0.39 is 0 Å². The monoisotopic (exact) mass is 261 g/mol. The van der Waals surface area contributed by atoms with E-state index in [1.54, 1.807) is 11.3 Å². The van der Waals surface area contributed by atoms with Crippen molar-refractivity contribution in [3.63, 3.8) is 0 Å². The van der Waals surface area contributed by atoms with Crippen molar-refractivity contribution < 1.29 is 0 Å². The zero-order valence-corrected chi connectivity index (χ0v) is 11.5. The van der Waals surface area contributed by atoms with E-state index in [2.05, 4.69) is 41.1 Å². The van der Waals surface area contributed by atoms with Crippen LogP contribution in [0.25, 0.3) is 0 Å². The van der Waals surface area contributed by atoms with E-state index in [9.17, 15) is 0 Å². The standard InChI is InChI=1S/C14H19N3S/c1-12-14(18-11-16-12)10-17(8-7-15)9-13-5-3-2-4-6-13/h2-6,11H,7-10,15H2,1H3. The maximum absolute atomic E-state index is 5.70. The van der Waals surface area contributed by atoms with Gasteiger partial charge in [0.2, 0.25) is 0 Å². The number of aryl methyl sites for hydroxylation is 1. The summed E-state index contributed by atoms with van der Waals surface area (Å²) in [4.78, 5) is 8.00. The van der Waals surface area contributed by atoms with Crippen LogP contribution < -0.4 is 5.73 Å². The van der Waals surface area contributed by atoms with Crippen LogP contribution in [0.15, 0.2) is 35.8 Å². The van der Waals surface area contributed by atoms with Crippen molar-refractivity contribution in [2.45, 2.75) is 20.0 Å². The second-order valence-electron chi connectivity index (χ2n) is 4.35. The lowest BCUT2D eigenvalue weighted by atomic mass is 10.2. The average molecular weight is 261 g/mol. The maximum Gasteiger partial charge on any atom is 0.0798 e. The zero-order valence-electron chi connectivity index (χ0n) is 10.7. The predicted octanol–water partition coefficient (Wildman–Crippen LogP) is 2.41. The number of thiazole rings is 1. The number of nitrogens with two attached hydrogens (primary N) is 1. The van der Waals surface area contributed by atoms with Gasteiger partial charge in [-0.3, -0.25) is 4.90 Å². The summed E-state index contributed by atoms with van der Waals surface area (Å²) in [7, 11) is 0. The first-order chi connectivity index (χ1) is 8.79. The van der Waals surface area contributed by atoms with Crippen molar-refractivity contribution in [1.29, 1.82) is 0 Å². The Bertz CT molecular complexity index is 467. The molecular formula is C14H19N3S. The Morgan fingerprint density at radius 2 is 2.00 bits per heavy atom. The van der Waals surface area contributed by atoms with Gasteiger partial charge >= 0.3 is 0 Å². The topological polar surface area (TPSA) is 42.2 Å². The van der Waals surface area contributed by atoms with Gasteiger partial charge in [-0.15, -0.1) is 11.3 Å². The summed E-state index contributed by atoms with van der Waals surface area (Å²) in [6, 6.07) is 10.5. The van der Waals surface area contributed by atoms with Gasteiger partial charge in [0.25, 0.3) is 0 Å². The number of hydrogen-bond acceptors (Lipinski definition) is 4. The van der Waals surface area contributed by atoms with Crippen LogP contribution in [0.4, 0.5) is 0 Å². The molecule has 0 saturated heterocycles. The molecule has 18 heavy (non-hydrogen) atoms. The highest BCUT2D eigenvalue weighted by Crippen LogP contribution is 2.16. The third kappa shape index (κ3) is 3.63. The Morgan fingerprint density at radius 1 is 1.22 bits per heavy atom. The summed E-state index contributed by atoms with van der Waals surface area (Å²) in [5.74, 6) is 0. The minimum Gasteiger partial charge on any atom is -0.329 e. The van der Waals surface area contributed by atoms with Gasteiger partial charge < -0.3 is 5.73 Å². The van der Waals surface area contributed by atoms with Crippen molar-refractivity contribution in [3.8, 4) is 0 Å². The zero-order chi connectivity index (χ0) is 12.8. The molecule has 0 aliphatic rings. The van der Waals surface area contributed by atoms with E-state index in [-0.39, 0.29) is 0 Å². The van der Waals surface area contributed by atoms with Crippen molar-refractivity contribution in [2.24, 2.45) is 5.73 Å². The fourth-order valence-corrected chi connectivity index (χ4v) is 2.74. The molecule has 0 spiro atoms. The molecule has 2 N–H and O–H groups in total. The van der Waals surface area contributed by atoms with Crippen molar-refractivity contribution in [2.75, 3.05) is 13.1 Å². The molecule has 2 aromatic rings. The molecule has 1 aromatic heterocycles. The molecule has 0 fully saturated rings. The largest absolute Gasteiger partial charge is 0.329 e. The fourth-order valence-electron chi connectivity index (χ4n) is 1.92. The lowest BCUT2D eigenvalue weighted by molar-refractivity contribution is 0.266. The summed E-state index contributed by atoms with van der Waals surface area (Å²) in [5, 5.41) is 0. The normalized spacial score (nSPS) is 11.1. The van der Waals surface area contributed by atoms with E-state index in [0.717, 1.165) is 25.3 Å². The molecule has 0 saturated carbocycles. The van der Waals surface area contributed by atoms with E-state index >= 15 is 0 Å². The molecule has 4 heteroatoms. The van der Waals surface area contributed by atoms with Crippen LogP contribution in [-0.4, -0.2) is 23.0 Å². The van der Waals surface area contributed by atoms with Gasteiger partial charge in [0.05, 0.1) is 11.2 Å². The highest BCUT2D eigenvalue weighted by Gasteiger charge is 2.09. The van der Waals surface area contributed by atoms with Crippen LogP contribution in [-0.2, 0) is 13.1 Å². The van der Waals surface area contributed by atoms with Gasteiger partial charge in [0.15, 0.2) is 0 Å². The lowest BCUT2D eigenvalue weighted by Gasteiger charge is -2.21. The van der Waals surface area contributed by atoms with Crippen LogP contribution in [0.3, 0.4) is 0 Å². The number of aromatic nitrogens is 1. The van der Waals surface area contributed by atoms with E-state index in [1.807, 2.05) is 11.6 Å². The van der Waals surface area contributed by atoms with E-state index in [0.29, 0.717) is 6.54 Å². The van der Waals surface area contributed by atoms with Crippen LogP contribution >= 0.6 is 11.3 Å². The molecule has 0 bridgehead atoms. The summed E-state index contributed by atoms with van der Waals surface area (Å²) < 4.78 is 0. The Labute approximate surface area is 112 Å². The molecule has 96 valence electrons. The van der Waals surface area contributed by atoms with Crippen molar-refractivity contribution >= 4 is 11.3 Å². The molecule has 0 amide bonds. The summed E-state index contributed by atoms with van der Waals surface area (Å²) in [6.07, 6.45) is 0. The Morgan fingerprint density at radius 3 is 2.61 bits per heavy atom. The molecule has 0 radical (unpaired) electrons.